The summed E-state index contributed by atoms with van der Waals surface area (Å²) in [7, 11) is 0. The van der Waals surface area contributed by atoms with E-state index in [9.17, 15) is 9.59 Å². The zero-order valence-electron chi connectivity index (χ0n) is 16.4. The van der Waals surface area contributed by atoms with Crippen molar-refractivity contribution in [2.24, 2.45) is 0 Å². The first kappa shape index (κ1) is 20.8. The maximum atomic E-state index is 12.6. The second-order valence-electron chi connectivity index (χ2n) is 8.12. The van der Waals surface area contributed by atoms with E-state index in [-0.39, 0.29) is 23.3 Å². The number of carbonyl (C=O) groups is 2. The Bertz CT molecular complexity index is 601. The fourth-order valence-electron chi connectivity index (χ4n) is 3.24. The molecule has 0 unspecified atom stereocenters. The lowest BCUT2D eigenvalue weighted by molar-refractivity contribution is -0.123. The first-order chi connectivity index (χ1) is 12.3. The lowest BCUT2D eigenvalue weighted by Crippen LogP contribution is -2.49. The molecule has 0 saturated heterocycles. The Labute approximate surface area is 161 Å². The summed E-state index contributed by atoms with van der Waals surface area (Å²) in [5.41, 5.74) is 1.84. The normalized spacial score (nSPS) is 16.3. The molecule has 1 atom stereocenters. The SMILES string of the molecule is CSCC[C@@H](NC(=O)c1ccc(C(C)(C)C)cc1)C(=O)NC1CCCC1. The average Bonchev–Trinajstić information content (AvgIpc) is 3.10. The van der Waals surface area contributed by atoms with Crippen LogP contribution in [-0.4, -0.2) is 35.9 Å². The van der Waals surface area contributed by atoms with E-state index in [0.717, 1.165) is 18.6 Å². The summed E-state index contributed by atoms with van der Waals surface area (Å²) in [5.74, 6) is 0.607. The van der Waals surface area contributed by atoms with Crippen LogP contribution in [0.4, 0.5) is 0 Å². The van der Waals surface area contributed by atoms with Gasteiger partial charge in [-0.15, -0.1) is 0 Å². The van der Waals surface area contributed by atoms with Gasteiger partial charge in [0.05, 0.1) is 0 Å². The molecule has 4 nitrogen and oxygen atoms in total. The molecule has 5 heteroatoms. The minimum Gasteiger partial charge on any atom is -0.352 e. The molecule has 0 heterocycles. The van der Waals surface area contributed by atoms with Crippen LogP contribution >= 0.6 is 11.8 Å². The molecule has 0 radical (unpaired) electrons. The molecule has 0 spiro atoms. The van der Waals surface area contributed by atoms with Gasteiger partial charge in [-0.25, -0.2) is 0 Å². The van der Waals surface area contributed by atoms with Crippen LogP contribution in [0.1, 0.15) is 68.8 Å². The molecule has 1 aliphatic carbocycles. The zero-order valence-corrected chi connectivity index (χ0v) is 17.2. The van der Waals surface area contributed by atoms with Crippen molar-refractivity contribution in [1.82, 2.24) is 10.6 Å². The molecule has 1 aromatic carbocycles. The monoisotopic (exact) mass is 376 g/mol. The Hall–Kier alpha value is -1.49. The molecule has 1 aliphatic rings. The van der Waals surface area contributed by atoms with E-state index in [4.69, 9.17) is 0 Å². The van der Waals surface area contributed by atoms with Crippen molar-refractivity contribution in [2.45, 2.75) is 70.4 Å². The molecular formula is C21H32N2O2S. The number of thioether (sulfide) groups is 1. The van der Waals surface area contributed by atoms with Gasteiger partial charge in [-0.2, -0.15) is 11.8 Å². The van der Waals surface area contributed by atoms with Crippen molar-refractivity contribution in [2.75, 3.05) is 12.0 Å². The van der Waals surface area contributed by atoms with Crippen LogP contribution in [0.3, 0.4) is 0 Å². The molecule has 1 saturated carbocycles. The molecule has 2 amide bonds. The zero-order chi connectivity index (χ0) is 19.2. The molecule has 2 rings (SSSR count). The van der Waals surface area contributed by atoms with Gasteiger partial charge < -0.3 is 10.6 Å². The number of amides is 2. The van der Waals surface area contributed by atoms with E-state index in [1.165, 1.54) is 18.4 Å². The maximum absolute atomic E-state index is 12.6. The first-order valence-electron chi connectivity index (χ1n) is 9.52. The highest BCUT2D eigenvalue weighted by atomic mass is 32.2. The quantitative estimate of drug-likeness (QED) is 0.759. The topological polar surface area (TPSA) is 58.2 Å². The van der Waals surface area contributed by atoms with Crippen LogP contribution in [0.5, 0.6) is 0 Å². The first-order valence-corrected chi connectivity index (χ1v) is 10.9. The summed E-state index contributed by atoms with van der Waals surface area (Å²) in [6, 6.07) is 7.46. The summed E-state index contributed by atoms with van der Waals surface area (Å²) in [6.45, 7) is 6.44. The van der Waals surface area contributed by atoms with Crippen molar-refractivity contribution >= 4 is 23.6 Å². The van der Waals surface area contributed by atoms with Crippen LogP contribution in [0.25, 0.3) is 0 Å². The Morgan fingerprint density at radius 1 is 1.15 bits per heavy atom. The highest BCUT2D eigenvalue weighted by Crippen LogP contribution is 2.22. The smallest absolute Gasteiger partial charge is 0.251 e. The minimum absolute atomic E-state index is 0.0504. The average molecular weight is 377 g/mol. The van der Waals surface area contributed by atoms with Crippen molar-refractivity contribution in [1.29, 1.82) is 0 Å². The fourth-order valence-corrected chi connectivity index (χ4v) is 3.71. The maximum Gasteiger partial charge on any atom is 0.251 e. The highest BCUT2D eigenvalue weighted by Gasteiger charge is 2.25. The molecular weight excluding hydrogens is 344 g/mol. The van der Waals surface area contributed by atoms with Gasteiger partial charge >= 0.3 is 0 Å². The van der Waals surface area contributed by atoms with E-state index in [2.05, 4.69) is 31.4 Å². The van der Waals surface area contributed by atoms with E-state index in [1.54, 1.807) is 11.8 Å². The molecule has 1 fully saturated rings. The Morgan fingerprint density at radius 3 is 2.31 bits per heavy atom. The van der Waals surface area contributed by atoms with Gasteiger partial charge in [-0.1, -0.05) is 45.7 Å². The number of benzene rings is 1. The highest BCUT2D eigenvalue weighted by molar-refractivity contribution is 7.98. The van der Waals surface area contributed by atoms with Crippen LogP contribution in [0, 0.1) is 0 Å². The molecule has 2 N–H and O–H groups in total. The standard InChI is InChI=1S/C21H32N2O2S/c1-21(2,3)16-11-9-15(10-12-16)19(24)23-18(13-14-26-4)20(25)22-17-7-5-6-8-17/h9-12,17-18H,5-8,13-14H2,1-4H3,(H,22,25)(H,23,24)/t18-/m1/s1. The number of nitrogens with one attached hydrogen (secondary N) is 2. The molecule has 0 bridgehead atoms. The number of rotatable bonds is 7. The molecule has 1 aromatic rings. The van der Waals surface area contributed by atoms with Crippen LogP contribution in [0.2, 0.25) is 0 Å². The largest absolute Gasteiger partial charge is 0.352 e. The lowest BCUT2D eigenvalue weighted by Gasteiger charge is -2.22. The third-order valence-electron chi connectivity index (χ3n) is 4.95. The predicted molar refractivity (Wildman–Crippen MR) is 110 cm³/mol. The second-order valence-corrected chi connectivity index (χ2v) is 9.11. The summed E-state index contributed by atoms with van der Waals surface area (Å²) in [6.07, 6.45) is 7.09. The van der Waals surface area contributed by atoms with Gasteiger partial charge in [0.2, 0.25) is 5.91 Å². The molecule has 26 heavy (non-hydrogen) atoms. The Balaban J connectivity index is 2.01. The van der Waals surface area contributed by atoms with Gasteiger partial charge in [0.15, 0.2) is 0 Å². The lowest BCUT2D eigenvalue weighted by atomic mass is 9.86. The van der Waals surface area contributed by atoms with Crippen molar-refractivity contribution in [3.8, 4) is 0 Å². The third kappa shape index (κ3) is 6.04. The van der Waals surface area contributed by atoms with E-state index in [1.807, 2.05) is 30.5 Å². The number of hydrogen-bond acceptors (Lipinski definition) is 3. The summed E-state index contributed by atoms with van der Waals surface area (Å²) >= 11 is 1.69. The van der Waals surface area contributed by atoms with Crippen molar-refractivity contribution in [3.63, 3.8) is 0 Å². The van der Waals surface area contributed by atoms with Crippen LogP contribution in [0.15, 0.2) is 24.3 Å². The number of hydrogen-bond donors (Lipinski definition) is 2. The second kappa shape index (κ2) is 9.45. The van der Waals surface area contributed by atoms with Crippen LogP contribution in [-0.2, 0) is 10.2 Å². The van der Waals surface area contributed by atoms with Crippen molar-refractivity contribution in [3.05, 3.63) is 35.4 Å². The Morgan fingerprint density at radius 2 is 1.77 bits per heavy atom. The minimum atomic E-state index is -0.474. The summed E-state index contributed by atoms with van der Waals surface area (Å²) < 4.78 is 0. The van der Waals surface area contributed by atoms with Crippen molar-refractivity contribution < 1.29 is 9.59 Å². The van der Waals surface area contributed by atoms with Gasteiger partial charge in [0.25, 0.3) is 5.91 Å². The molecule has 0 aromatic heterocycles. The molecule has 144 valence electrons. The van der Waals surface area contributed by atoms with Crippen LogP contribution < -0.4 is 10.6 Å². The predicted octanol–water partition coefficient (Wildman–Crippen LogP) is 3.89. The van der Waals surface area contributed by atoms with E-state index in [0.29, 0.717) is 12.0 Å². The third-order valence-corrected chi connectivity index (χ3v) is 5.59. The molecule has 0 aliphatic heterocycles. The van der Waals surface area contributed by atoms with E-state index >= 15 is 0 Å². The van der Waals surface area contributed by atoms with Gasteiger partial charge in [0, 0.05) is 11.6 Å². The summed E-state index contributed by atoms with van der Waals surface area (Å²) in [4.78, 5) is 25.2. The van der Waals surface area contributed by atoms with E-state index < -0.39 is 6.04 Å². The Kier molecular flexibility index (Phi) is 7.56. The summed E-state index contributed by atoms with van der Waals surface area (Å²) in [5, 5.41) is 6.05. The van der Waals surface area contributed by atoms with Gasteiger partial charge in [-0.3, -0.25) is 9.59 Å². The fraction of sp³-hybridized carbons (Fsp3) is 0.619. The van der Waals surface area contributed by atoms with Gasteiger partial charge in [-0.05, 0) is 54.4 Å². The number of carbonyl (C=O) groups excluding carboxylic acids is 2. The van der Waals surface area contributed by atoms with Gasteiger partial charge in [0.1, 0.15) is 6.04 Å².